The van der Waals surface area contributed by atoms with Gasteiger partial charge in [0.05, 0.1) is 13.7 Å². The number of methoxy groups -OCH3 is 1. The number of aromatic nitrogens is 1. The monoisotopic (exact) mass is 336 g/mol. The molecule has 0 aliphatic rings. The molecule has 0 aliphatic heterocycles. The number of rotatable bonds is 6. The van der Waals surface area contributed by atoms with Crippen LogP contribution in [0.1, 0.15) is 31.0 Å². The number of halogens is 1. The zero-order chi connectivity index (χ0) is 14.5. The minimum absolute atomic E-state index is 0.380. The van der Waals surface area contributed by atoms with Gasteiger partial charge in [0.15, 0.2) is 0 Å². The minimum Gasteiger partial charge on any atom is -0.496 e. The van der Waals surface area contributed by atoms with Gasteiger partial charge in [-0.1, -0.05) is 22.9 Å². The highest BCUT2D eigenvalue weighted by Crippen LogP contribution is 2.24. The summed E-state index contributed by atoms with van der Waals surface area (Å²) in [5, 5.41) is 3.43. The van der Waals surface area contributed by atoms with E-state index < -0.39 is 0 Å². The van der Waals surface area contributed by atoms with Crippen LogP contribution in [0.25, 0.3) is 0 Å². The predicted octanol–water partition coefficient (Wildman–Crippen LogP) is 3.98. The molecule has 0 fully saturated rings. The molecule has 0 saturated heterocycles. The van der Waals surface area contributed by atoms with Gasteiger partial charge in [-0.2, -0.15) is 0 Å². The molecule has 0 spiro atoms. The molecule has 4 heteroatoms. The average molecular weight is 337 g/mol. The zero-order valence-corrected chi connectivity index (χ0v) is 13.8. The molecule has 0 aliphatic carbocycles. The number of benzene rings is 1. The lowest BCUT2D eigenvalue weighted by Gasteiger charge is -2.11. The van der Waals surface area contributed by atoms with Crippen LogP contribution in [0.15, 0.2) is 41.1 Å². The van der Waals surface area contributed by atoms with Crippen LogP contribution in [-0.2, 0) is 6.54 Å². The van der Waals surface area contributed by atoms with E-state index in [9.17, 15) is 0 Å². The first-order valence-electron chi connectivity index (χ1n) is 6.85. The van der Waals surface area contributed by atoms with Crippen LogP contribution in [0.4, 0.5) is 0 Å². The van der Waals surface area contributed by atoms with Gasteiger partial charge in [-0.3, -0.25) is 0 Å². The Morgan fingerprint density at radius 2 is 2.15 bits per heavy atom. The SMILES string of the molecule is CCNC(C)c1ccn(Cc2cc(Br)ccc2OC)c1. The van der Waals surface area contributed by atoms with Gasteiger partial charge < -0.3 is 14.6 Å². The Balaban J connectivity index is 2.16. The summed E-state index contributed by atoms with van der Waals surface area (Å²) >= 11 is 3.51. The molecule has 1 aromatic carbocycles. The molecule has 2 aromatic rings. The maximum absolute atomic E-state index is 5.42. The third-order valence-corrected chi connectivity index (χ3v) is 3.87. The molecule has 2 rings (SSSR count). The molecule has 0 saturated carbocycles. The summed E-state index contributed by atoms with van der Waals surface area (Å²) in [6.45, 7) is 6.09. The van der Waals surface area contributed by atoms with Crippen molar-refractivity contribution in [3.8, 4) is 5.75 Å². The summed E-state index contributed by atoms with van der Waals surface area (Å²) < 4.78 is 8.68. The van der Waals surface area contributed by atoms with Crippen molar-refractivity contribution in [3.05, 3.63) is 52.3 Å². The molecule has 20 heavy (non-hydrogen) atoms. The van der Waals surface area contributed by atoms with Crippen LogP contribution in [0.2, 0.25) is 0 Å². The number of hydrogen-bond acceptors (Lipinski definition) is 2. The van der Waals surface area contributed by atoms with Crippen molar-refractivity contribution in [2.45, 2.75) is 26.4 Å². The third-order valence-electron chi connectivity index (χ3n) is 3.38. The Hall–Kier alpha value is -1.26. The highest BCUT2D eigenvalue weighted by Gasteiger charge is 2.08. The second-order valence-electron chi connectivity index (χ2n) is 4.85. The van der Waals surface area contributed by atoms with Crippen molar-refractivity contribution in [2.75, 3.05) is 13.7 Å². The topological polar surface area (TPSA) is 26.2 Å². The van der Waals surface area contributed by atoms with Gasteiger partial charge in [-0.05, 0) is 43.3 Å². The minimum atomic E-state index is 0.380. The third kappa shape index (κ3) is 3.64. The van der Waals surface area contributed by atoms with Crippen molar-refractivity contribution in [2.24, 2.45) is 0 Å². The Bertz CT molecular complexity index is 565. The van der Waals surface area contributed by atoms with Gasteiger partial charge in [0.2, 0.25) is 0 Å². The van der Waals surface area contributed by atoms with E-state index >= 15 is 0 Å². The van der Waals surface area contributed by atoms with Crippen LogP contribution in [0, 0.1) is 0 Å². The van der Waals surface area contributed by atoms with Gasteiger partial charge in [0, 0.05) is 28.5 Å². The molecule has 1 unspecified atom stereocenters. The Morgan fingerprint density at radius 1 is 1.35 bits per heavy atom. The van der Waals surface area contributed by atoms with E-state index in [1.807, 2.05) is 12.1 Å². The van der Waals surface area contributed by atoms with E-state index in [0.29, 0.717) is 6.04 Å². The summed E-state index contributed by atoms with van der Waals surface area (Å²) in [6, 6.07) is 8.64. The van der Waals surface area contributed by atoms with Crippen molar-refractivity contribution in [1.82, 2.24) is 9.88 Å². The fourth-order valence-corrected chi connectivity index (χ4v) is 2.71. The molecule has 0 bridgehead atoms. The second kappa shape index (κ2) is 6.95. The summed E-state index contributed by atoms with van der Waals surface area (Å²) in [4.78, 5) is 0. The molecule has 1 aromatic heterocycles. The number of ether oxygens (including phenoxy) is 1. The van der Waals surface area contributed by atoms with Crippen LogP contribution in [0.3, 0.4) is 0 Å². The highest BCUT2D eigenvalue weighted by molar-refractivity contribution is 9.10. The van der Waals surface area contributed by atoms with E-state index in [0.717, 1.165) is 23.3 Å². The molecule has 0 amide bonds. The van der Waals surface area contributed by atoms with E-state index in [2.05, 4.69) is 64.2 Å². The van der Waals surface area contributed by atoms with E-state index in [4.69, 9.17) is 4.74 Å². The molecule has 1 N–H and O–H groups in total. The number of nitrogens with one attached hydrogen (secondary N) is 1. The second-order valence-corrected chi connectivity index (χ2v) is 5.77. The van der Waals surface area contributed by atoms with E-state index in [-0.39, 0.29) is 0 Å². The predicted molar refractivity (Wildman–Crippen MR) is 86.3 cm³/mol. The fraction of sp³-hybridized carbons (Fsp3) is 0.375. The van der Waals surface area contributed by atoms with Crippen molar-refractivity contribution in [1.29, 1.82) is 0 Å². The standard InChI is InChI=1S/C16H21BrN2O/c1-4-18-12(2)13-7-8-19(10-13)11-14-9-15(17)5-6-16(14)20-3/h5-10,12,18H,4,11H2,1-3H3. The summed E-state index contributed by atoms with van der Waals surface area (Å²) in [5.41, 5.74) is 2.47. The molecule has 0 radical (unpaired) electrons. The van der Waals surface area contributed by atoms with Crippen LogP contribution < -0.4 is 10.1 Å². The summed E-state index contributed by atoms with van der Waals surface area (Å²) in [5.74, 6) is 0.920. The first kappa shape index (κ1) is 15.1. The number of nitrogens with zero attached hydrogens (tertiary/aromatic N) is 1. The maximum Gasteiger partial charge on any atom is 0.123 e. The van der Waals surface area contributed by atoms with Crippen LogP contribution in [0.5, 0.6) is 5.75 Å². The smallest absolute Gasteiger partial charge is 0.123 e. The molecule has 3 nitrogen and oxygen atoms in total. The molecule has 1 atom stereocenters. The number of hydrogen-bond donors (Lipinski definition) is 1. The fourth-order valence-electron chi connectivity index (χ4n) is 2.31. The molecular weight excluding hydrogens is 316 g/mol. The van der Waals surface area contributed by atoms with Gasteiger partial charge in [-0.15, -0.1) is 0 Å². The van der Waals surface area contributed by atoms with Crippen LogP contribution >= 0.6 is 15.9 Å². The highest BCUT2D eigenvalue weighted by atomic mass is 79.9. The largest absolute Gasteiger partial charge is 0.496 e. The quantitative estimate of drug-likeness (QED) is 0.863. The van der Waals surface area contributed by atoms with E-state index in [1.165, 1.54) is 11.1 Å². The Morgan fingerprint density at radius 3 is 2.85 bits per heavy atom. The lowest BCUT2D eigenvalue weighted by molar-refractivity contribution is 0.408. The van der Waals surface area contributed by atoms with Crippen molar-refractivity contribution >= 4 is 15.9 Å². The van der Waals surface area contributed by atoms with Gasteiger partial charge in [0.1, 0.15) is 5.75 Å². The van der Waals surface area contributed by atoms with E-state index in [1.54, 1.807) is 7.11 Å². The van der Waals surface area contributed by atoms with Crippen molar-refractivity contribution < 1.29 is 4.74 Å². The molecule has 108 valence electrons. The lowest BCUT2D eigenvalue weighted by atomic mass is 10.2. The summed E-state index contributed by atoms with van der Waals surface area (Å²) in [7, 11) is 1.71. The first-order chi connectivity index (χ1) is 9.63. The Kier molecular flexibility index (Phi) is 5.26. The Labute approximate surface area is 129 Å². The maximum atomic E-state index is 5.42. The van der Waals surface area contributed by atoms with Gasteiger partial charge in [-0.25, -0.2) is 0 Å². The summed E-state index contributed by atoms with van der Waals surface area (Å²) in [6.07, 6.45) is 4.30. The first-order valence-corrected chi connectivity index (χ1v) is 7.64. The molecular formula is C16H21BrN2O. The van der Waals surface area contributed by atoms with Gasteiger partial charge >= 0.3 is 0 Å². The van der Waals surface area contributed by atoms with Crippen LogP contribution in [-0.4, -0.2) is 18.2 Å². The molecule has 1 heterocycles. The zero-order valence-electron chi connectivity index (χ0n) is 12.2. The van der Waals surface area contributed by atoms with Gasteiger partial charge in [0.25, 0.3) is 0 Å². The van der Waals surface area contributed by atoms with Crippen molar-refractivity contribution in [3.63, 3.8) is 0 Å². The lowest BCUT2D eigenvalue weighted by Crippen LogP contribution is -2.17. The average Bonchev–Trinajstić information content (AvgIpc) is 2.88. The normalized spacial score (nSPS) is 12.4.